The number of hydrogen-bond donors (Lipinski definition) is 3. The van der Waals surface area contributed by atoms with E-state index >= 15 is 0 Å². The molecular formula is C25H30N6O3. The lowest BCUT2D eigenvalue weighted by atomic mass is 9.80. The highest BCUT2D eigenvalue weighted by atomic mass is 16.5. The fourth-order valence-electron chi connectivity index (χ4n) is 4.86. The minimum Gasteiger partial charge on any atom is -0.481 e. The minimum atomic E-state index is -0.172. The van der Waals surface area contributed by atoms with Gasteiger partial charge in [-0.3, -0.25) is 9.78 Å². The van der Waals surface area contributed by atoms with Gasteiger partial charge in [0.2, 0.25) is 5.88 Å². The maximum atomic E-state index is 11.5. The second-order valence-electron chi connectivity index (χ2n) is 9.04. The molecule has 9 heteroatoms. The molecule has 1 fully saturated rings. The second-order valence-corrected chi connectivity index (χ2v) is 9.04. The number of nitrogens with two attached hydrogens (primary N) is 1. The summed E-state index contributed by atoms with van der Waals surface area (Å²) in [5.41, 5.74) is 10.4. The maximum absolute atomic E-state index is 11.5. The SMILES string of the molecule is COc1ccc2nccc(C[C@@H](N)[C@H]3CC[C@H](NCc4ccc5c(n4)NC(=O)CO5)CC3)c2n1. The molecule has 34 heavy (non-hydrogen) atoms. The van der Waals surface area contributed by atoms with Crippen molar-refractivity contribution in [3.8, 4) is 11.6 Å². The Morgan fingerprint density at radius 3 is 2.85 bits per heavy atom. The molecule has 9 nitrogen and oxygen atoms in total. The highest BCUT2D eigenvalue weighted by Crippen LogP contribution is 2.30. The third-order valence-corrected chi connectivity index (χ3v) is 6.79. The van der Waals surface area contributed by atoms with Crippen molar-refractivity contribution in [2.24, 2.45) is 11.7 Å². The van der Waals surface area contributed by atoms with Gasteiger partial charge in [0.15, 0.2) is 18.2 Å². The Kier molecular flexibility index (Phi) is 6.55. The summed E-state index contributed by atoms with van der Waals surface area (Å²) in [6, 6.07) is 10.1. The van der Waals surface area contributed by atoms with Crippen LogP contribution in [-0.2, 0) is 17.8 Å². The third-order valence-electron chi connectivity index (χ3n) is 6.79. The lowest BCUT2D eigenvalue weighted by Crippen LogP contribution is -2.39. The van der Waals surface area contributed by atoms with Gasteiger partial charge in [0.25, 0.3) is 5.91 Å². The van der Waals surface area contributed by atoms with E-state index in [0.717, 1.165) is 54.4 Å². The van der Waals surface area contributed by atoms with Crippen LogP contribution in [0, 0.1) is 5.92 Å². The Morgan fingerprint density at radius 2 is 2.03 bits per heavy atom. The molecule has 1 aliphatic heterocycles. The van der Waals surface area contributed by atoms with Crippen LogP contribution in [0.5, 0.6) is 11.6 Å². The summed E-state index contributed by atoms with van der Waals surface area (Å²) in [4.78, 5) is 25.1. The summed E-state index contributed by atoms with van der Waals surface area (Å²) in [5, 5.41) is 6.37. The van der Waals surface area contributed by atoms with Crippen LogP contribution in [0.15, 0.2) is 36.5 Å². The van der Waals surface area contributed by atoms with Crippen molar-refractivity contribution in [1.29, 1.82) is 0 Å². The van der Waals surface area contributed by atoms with E-state index in [9.17, 15) is 4.79 Å². The highest BCUT2D eigenvalue weighted by molar-refractivity contribution is 5.94. The number of fused-ring (bicyclic) bond motifs is 2. The number of hydrogen-bond acceptors (Lipinski definition) is 8. The van der Waals surface area contributed by atoms with Crippen molar-refractivity contribution in [2.45, 2.75) is 50.7 Å². The average Bonchev–Trinajstić information content (AvgIpc) is 2.87. The fourth-order valence-corrected chi connectivity index (χ4v) is 4.86. The van der Waals surface area contributed by atoms with E-state index in [1.165, 1.54) is 0 Å². The van der Waals surface area contributed by atoms with Crippen LogP contribution in [0.3, 0.4) is 0 Å². The molecule has 0 radical (unpaired) electrons. The summed E-state index contributed by atoms with van der Waals surface area (Å²) < 4.78 is 10.7. The average molecular weight is 463 g/mol. The summed E-state index contributed by atoms with van der Waals surface area (Å²) in [6.07, 6.45) is 6.92. The van der Waals surface area contributed by atoms with Gasteiger partial charge >= 0.3 is 0 Å². The lowest BCUT2D eigenvalue weighted by Gasteiger charge is -2.32. The number of anilines is 1. The Morgan fingerprint density at radius 1 is 1.18 bits per heavy atom. The van der Waals surface area contributed by atoms with Crippen molar-refractivity contribution in [3.05, 3.63) is 47.8 Å². The first kappa shape index (κ1) is 22.5. The van der Waals surface area contributed by atoms with Crippen molar-refractivity contribution in [1.82, 2.24) is 20.3 Å². The van der Waals surface area contributed by atoms with Gasteiger partial charge in [0.1, 0.15) is 0 Å². The molecule has 0 unspecified atom stereocenters. The molecule has 5 rings (SSSR count). The molecule has 0 saturated heterocycles. The number of carbonyl (C=O) groups is 1. The third kappa shape index (κ3) is 4.95. The molecular weight excluding hydrogens is 432 g/mol. The molecule has 0 spiro atoms. The molecule has 3 aromatic rings. The van der Waals surface area contributed by atoms with E-state index in [2.05, 4.69) is 25.6 Å². The monoisotopic (exact) mass is 462 g/mol. The molecule has 1 saturated carbocycles. The van der Waals surface area contributed by atoms with Crippen LogP contribution in [0.4, 0.5) is 5.82 Å². The van der Waals surface area contributed by atoms with E-state index in [1.807, 2.05) is 36.5 Å². The number of methoxy groups -OCH3 is 1. The van der Waals surface area contributed by atoms with Crippen molar-refractivity contribution in [3.63, 3.8) is 0 Å². The van der Waals surface area contributed by atoms with Gasteiger partial charge in [-0.15, -0.1) is 0 Å². The zero-order valence-electron chi connectivity index (χ0n) is 19.3. The number of aromatic nitrogens is 3. The van der Waals surface area contributed by atoms with Gasteiger partial charge in [-0.2, -0.15) is 0 Å². The molecule has 1 atom stereocenters. The largest absolute Gasteiger partial charge is 0.481 e. The van der Waals surface area contributed by atoms with E-state index in [-0.39, 0.29) is 18.6 Å². The predicted molar refractivity (Wildman–Crippen MR) is 129 cm³/mol. The second kappa shape index (κ2) is 9.90. The van der Waals surface area contributed by atoms with Gasteiger partial charge in [-0.05, 0) is 67.9 Å². The number of carbonyl (C=O) groups excluding carboxylic acids is 1. The fraction of sp³-hybridized carbons (Fsp3) is 0.440. The number of nitrogens with zero attached hydrogens (tertiary/aromatic N) is 3. The smallest absolute Gasteiger partial charge is 0.263 e. The molecule has 178 valence electrons. The summed E-state index contributed by atoms with van der Waals surface area (Å²) in [7, 11) is 1.62. The number of amides is 1. The zero-order chi connectivity index (χ0) is 23.5. The Labute approximate surface area is 198 Å². The normalized spacial score (nSPS) is 20.8. The summed E-state index contributed by atoms with van der Waals surface area (Å²) >= 11 is 0. The van der Waals surface area contributed by atoms with E-state index < -0.39 is 0 Å². The standard InChI is InChI=1S/C25H30N6O3/c1-33-23-9-7-20-24(31-23)16(10-11-27-20)12-19(26)15-2-4-17(5-3-15)28-13-18-6-8-21-25(29-18)30-22(32)14-34-21/h6-11,15,17,19,28H,2-5,12-14,26H2,1H3,(H,29,30,32)/t15-,17-,19-/m1/s1. The number of ether oxygens (including phenoxy) is 2. The summed E-state index contributed by atoms with van der Waals surface area (Å²) in [6.45, 7) is 0.695. The van der Waals surface area contributed by atoms with Crippen molar-refractivity contribution >= 4 is 22.8 Å². The maximum Gasteiger partial charge on any atom is 0.263 e. The molecule has 0 bridgehead atoms. The minimum absolute atomic E-state index is 0.0414. The van der Waals surface area contributed by atoms with Crippen LogP contribution < -0.4 is 25.8 Å². The Balaban J connectivity index is 1.14. The Bertz CT molecular complexity index is 1180. The number of rotatable bonds is 7. The number of pyridine rings is 3. The topological polar surface area (TPSA) is 124 Å². The molecule has 3 aromatic heterocycles. The first-order chi connectivity index (χ1) is 16.6. The molecule has 1 amide bonds. The van der Waals surface area contributed by atoms with Gasteiger partial charge in [0, 0.05) is 30.9 Å². The van der Waals surface area contributed by atoms with Crippen LogP contribution in [0.25, 0.3) is 11.0 Å². The highest BCUT2D eigenvalue weighted by Gasteiger charge is 2.26. The van der Waals surface area contributed by atoms with Crippen molar-refractivity contribution < 1.29 is 14.3 Å². The van der Waals surface area contributed by atoms with Gasteiger partial charge < -0.3 is 25.8 Å². The van der Waals surface area contributed by atoms with Gasteiger partial charge in [-0.25, -0.2) is 9.97 Å². The summed E-state index contributed by atoms with van der Waals surface area (Å²) in [5.74, 6) is 2.01. The molecule has 1 aliphatic carbocycles. The van der Waals surface area contributed by atoms with Crippen LogP contribution in [0.2, 0.25) is 0 Å². The van der Waals surface area contributed by atoms with Gasteiger partial charge in [0.05, 0.1) is 23.8 Å². The quantitative estimate of drug-likeness (QED) is 0.489. The van der Waals surface area contributed by atoms with Crippen LogP contribution in [0.1, 0.15) is 36.9 Å². The van der Waals surface area contributed by atoms with Crippen LogP contribution >= 0.6 is 0 Å². The molecule has 4 N–H and O–H groups in total. The van der Waals surface area contributed by atoms with E-state index in [1.54, 1.807) is 7.11 Å². The number of nitrogens with one attached hydrogen (secondary N) is 2. The molecule has 0 aromatic carbocycles. The zero-order valence-corrected chi connectivity index (χ0v) is 19.3. The first-order valence-electron chi connectivity index (χ1n) is 11.8. The van der Waals surface area contributed by atoms with Crippen molar-refractivity contribution in [2.75, 3.05) is 19.0 Å². The Hall–Kier alpha value is -3.30. The van der Waals surface area contributed by atoms with E-state index in [4.69, 9.17) is 15.2 Å². The van der Waals surface area contributed by atoms with Gasteiger partial charge in [-0.1, -0.05) is 0 Å². The van der Waals surface area contributed by atoms with Crippen LogP contribution in [-0.4, -0.2) is 46.7 Å². The lowest BCUT2D eigenvalue weighted by molar-refractivity contribution is -0.118. The molecule has 2 aliphatic rings. The first-order valence-corrected chi connectivity index (χ1v) is 11.8. The predicted octanol–water partition coefficient (Wildman–Crippen LogP) is 2.58. The van der Waals surface area contributed by atoms with E-state index in [0.29, 0.717) is 36.0 Å². The molecule has 4 heterocycles.